The third kappa shape index (κ3) is 4.60. The lowest BCUT2D eigenvalue weighted by atomic mass is 10.1. The first-order valence-electron chi connectivity index (χ1n) is 6.20. The SMILES string of the molecule is NC(CSC1CCCC1)Cc1cncc(Br)c1. The van der Waals surface area contributed by atoms with Gasteiger partial charge in [-0.2, -0.15) is 11.8 Å². The molecule has 1 aromatic rings. The molecule has 0 aliphatic heterocycles. The normalized spacial score (nSPS) is 18.5. The molecule has 0 aromatic carbocycles. The van der Waals surface area contributed by atoms with E-state index in [1.165, 1.54) is 31.2 Å². The van der Waals surface area contributed by atoms with Crippen LogP contribution in [0.1, 0.15) is 31.2 Å². The van der Waals surface area contributed by atoms with Crippen LogP contribution in [0, 0.1) is 0 Å². The Morgan fingerprint density at radius 3 is 2.88 bits per heavy atom. The minimum absolute atomic E-state index is 0.247. The van der Waals surface area contributed by atoms with Gasteiger partial charge in [0.05, 0.1) is 0 Å². The standard InChI is InChI=1S/C13H19BrN2S/c14-11-5-10(7-16-8-11)6-12(15)9-17-13-3-1-2-4-13/h5,7-8,12-13H,1-4,6,9,15H2. The Morgan fingerprint density at radius 2 is 2.18 bits per heavy atom. The van der Waals surface area contributed by atoms with E-state index in [0.717, 1.165) is 21.9 Å². The van der Waals surface area contributed by atoms with Crippen LogP contribution >= 0.6 is 27.7 Å². The van der Waals surface area contributed by atoms with Gasteiger partial charge >= 0.3 is 0 Å². The topological polar surface area (TPSA) is 38.9 Å². The zero-order valence-corrected chi connectivity index (χ0v) is 12.3. The van der Waals surface area contributed by atoms with Crippen molar-refractivity contribution in [2.45, 2.75) is 43.4 Å². The van der Waals surface area contributed by atoms with Crippen LogP contribution in [0.15, 0.2) is 22.9 Å². The van der Waals surface area contributed by atoms with Gasteiger partial charge in [-0.15, -0.1) is 0 Å². The molecule has 2 rings (SSSR count). The highest BCUT2D eigenvalue weighted by Gasteiger charge is 2.16. The smallest absolute Gasteiger partial charge is 0.0410 e. The lowest BCUT2D eigenvalue weighted by Crippen LogP contribution is -2.26. The van der Waals surface area contributed by atoms with Gasteiger partial charge in [0.15, 0.2) is 0 Å². The molecule has 1 aliphatic carbocycles. The summed E-state index contributed by atoms with van der Waals surface area (Å²) in [6, 6.07) is 2.35. The number of nitrogens with two attached hydrogens (primary N) is 1. The fraction of sp³-hybridized carbons (Fsp3) is 0.615. The zero-order valence-electron chi connectivity index (χ0n) is 9.94. The summed E-state index contributed by atoms with van der Waals surface area (Å²) in [7, 11) is 0. The molecule has 1 saturated carbocycles. The first-order chi connectivity index (χ1) is 8.24. The maximum atomic E-state index is 6.17. The number of thioether (sulfide) groups is 1. The molecule has 0 amide bonds. The average molecular weight is 315 g/mol. The van der Waals surface area contributed by atoms with Crippen LogP contribution in [0.5, 0.6) is 0 Å². The molecule has 0 radical (unpaired) electrons. The van der Waals surface area contributed by atoms with Crippen molar-refractivity contribution in [1.82, 2.24) is 4.98 Å². The predicted octanol–water partition coefficient (Wildman–Crippen LogP) is 3.39. The molecule has 2 nitrogen and oxygen atoms in total. The van der Waals surface area contributed by atoms with Gasteiger partial charge in [0.1, 0.15) is 0 Å². The van der Waals surface area contributed by atoms with Crippen LogP contribution < -0.4 is 5.73 Å². The van der Waals surface area contributed by atoms with Crippen LogP contribution in [-0.2, 0) is 6.42 Å². The molecular weight excluding hydrogens is 296 g/mol. The van der Waals surface area contributed by atoms with Crippen LogP contribution in [0.2, 0.25) is 0 Å². The first kappa shape index (κ1) is 13.4. The van der Waals surface area contributed by atoms with E-state index in [0.29, 0.717) is 0 Å². The highest BCUT2D eigenvalue weighted by molar-refractivity contribution is 9.10. The Morgan fingerprint density at radius 1 is 1.41 bits per heavy atom. The number of aromatic nitrogens is 1. The van der Waals surface area contributed by atoms with E-state index in [9.17, 15) is 0 Å². The molecular formula is C13H19BrN2S. The van der Waals surface area contributed by atoms with Gasteiger partial charge in [-0.05, 0) is 46.8 Å². The van der Waals surface area contributed by atoms with Crippen molar-refractivity contribution >= 4 is 27.7 Å². The number of hydrogen-bond donors (Lipinski definition) is 1. The molecule has 0 bridgehead atoms. The number of rotatable bonds is 5. The highest BCUT2D eigenvalue weighted by Crippen LogP contribution is 2.29. The van der Waals surface area contributed by atoms with Crippen LogP contribution in [0.4, 0.5) is 0 Å². The lowest BCUT2D eigenvalue weighted by Gasteiger charge is -2.14. The Kier molecular flexibility index (Phi) is 5.32. The second kappa shape index (κ2) is 6.76. The fourth-order valence-corrected chi connectivity index (χ4v) is 3.96. The van der Waals surface area contributed by atoms with Gasteiger partial charge in [-0.3, -0.25) is 4.98 Å². The summed E-state index contributed by atoms with van der Waals surface area (Å²) >= 11 is 5.49. The minimum Gasteiger partial charge on any atom is -0.327 e. The molecule has 17 heavy (non-hydrogen) atoms. The largest absolute Gasteiger partial charge is 0.327 e. The van der Waals surface area contributed by atoms with Crippen molar-refractivity contribution in [3.63, 3.8) is 0 Å². The number of halogens is 1. The molecule has 1 unspecified atom stereocenters. The summed E-state index contributed by atoms with van der Waals surface area (Å²) in [5, 5.41) is 0.863. The van der Waals surface area contributed by atoms with E-state index >= 15 is 0 Å². The first-order valence-corrected chi connectivity index (χ1v) is 8.05. The summed E-state index contributed by atoms with van der Waals surface area (Å²) < 4.78 is 1.03. The molecule has 1 fully saturated rings. The van der Waals surface area contributed by atoms with Crippen molar-refractivity contribution in [3.05, 3.63) is 28.5 Å². The Labute approximate surface area is 116 Å². The molecule has 94 valence electrons. The summed E-state index contributed by atoms with van der Waals surface area (Å²) in [4.78, 5) is 4.17. The predicted molar refractivity (Wildman–Crippen MR) is 78.3 cm³/mol. The average Bonchev–Trinajstić information content (AvgIpc) is 2.79. The zero-order chi connectivity index (χ0) is 12.1. The number of hydrogen-bond acceptors (Lipinski definition) is 3. The van der Waals surface area contributed by atoms with Crippen molar-refractivity contribution < 1.29 is 0 Å². The van der Waals surface area contributed by atoms with E-state index in [1.807, 2.05) is 12.4 Å². The fourth-order valence-electron chi connectivity index (χ4n) is 2.24. The van der Waals surface area contributed by atoms with Crippen molar-refractivity contribution in [2.24, 2.45) is 5.73 Å². The van der Waals surface area contributed by atoms with E-state index in [1.54, 1.807) is 0 Å². The van der Waals surface area contributed by atoms with Crippen LogP contribution in [-0.4, -0.2) is 22.0 Å². The lowest BCUT2D eigenvalue weighted by molar-refractivity contribution is 0.742. The van der Waals surface area contributed by atoms with Gasteiger partial charge in [-0.25, -0.2) is 0 Å². The maximum absolute atomic E-state index is 6.17. The monoisotopic (exact) mass is 314 g/mol. The maximum Gasteiger partial charge on any atom is 0.0410 e. The molecule has 1 aliphatic rings. The van der Waals surface area contributed by atoms with Crippen LogP contribution in [0.3, 0.4) is 0 Å². The molecule has 0 spiro atoms. The van der Waals surface area contributed by atoms with E-state index in [4.69, 9.17) is 5.73 Å². The molecule has 1 heterocycles. The van der Waals surface area contributed by atoms with E-state index < -0.39 is 0 Å². The van der Waals surface area contributed by atoms with Gasteiger partial charge in [0, 0.05) is 33.9 Å². The second-order valence-electron chi connectivity index (χ2n) is 4.72. The van der Waals surface area contributed by atoms with Gasteiger partial charge in [-0.1, -0.05) is 12.8 Å². The quantitative estimate of drug-likeness (QED) is 0.905. The number of nitrogens with zero attached hydrogens (tertiary/aromatic N) is 1. The third-order valence-corrected chi connectivity index (χ3v) is 5.10. The van der Waals surface area contributed by atoms with Crippen molar-refractivity contribution in [3.8, 4) is 0 Å². The summed E-state index contributed by atoms with van der Waals surface area (Å²) in [5.41, 5.74) is 7.39. The minimum atomic E-state index is 0.247. The van der Waals surface area contributed by atoms with Gasteiger partial charge in [0.2, 0.25) is 0 Å². The van der Waals surface area contributed by atoms with Crippen LogP contribution in [0.25, 0.3) is 0 Å². The molecule has 1 aromatic heterocycles. The summed E-state index contributed by atoms with van der Waals surface area (Å²) in [5.74, 6) is 1.07. The second-order valence-corrected chi connectivity index (χ2v) is 6.96. The van der Waals surface area contributed by atoms with Crippen molar-refractivity contribution in [2.75, 3.05) is 5.75 Å². The van der Waals surface area contributed by atoms with Crippen molar-refractivity contribution in [1.29, 1.82) is 0 Å². The van der Waals surface area contributed by atoms with Gasteiger partial charge < -0.3 is 5.73 Å². The highest BCUT2D eigenvalue weighted by atomic mass is 79.9. The summed E-state index contributed by atoms with van der Waals surface area (Å²) in [6.07, 6.45) is 10.2. The third-order valence-electron chi connectivity index (χ3n) is 3.11. The number of pyridine rings is 1. The van der Waals surface area contributed by atoms with E-state index in [-0.39, 0.29) is 6.04 Å². The Hall–Kier alpha value is -0.0600. The molecule has 1 atom stereocenters. The molecule has 2 N–H and O–H groups in total. The van der Waals surface area contributed by atoms with Gasteiger partial charge in [0.25, 0.3) is 0 Å². The van der Waals surface area contributed by atoms with E-state index in [2.05, 4.69) is 38.7 Å². The molecule has 0 saturated heterocycles. The molecule has 4 heteroatoms. The Bertz CT molecular complexity index is 353. The Balaban J connectivity index is 1.74. The summed E-state index contributed by atoms with van der Waals surface area (Å²) in [6.45, 7) is 0.